The second-order valence-corrected chi connectivity index (χ2v) is 9.34. The molecular weight excluding hydrogens is 445 g/mol. The number of amides is 1. The molecule has 5 nitrogen and oxygen atoms in total. The fourth-order valence-corrected chi connectivity index (χ4v) is 4.92. The lowest BCUT2D eigenvalue weighted by Crippen LogP contribution is -2.47. The number of nitrogens with zero attached hydrogens (tertiary/aromatic N) is 2. The van der Waals surface area contributed by atoms with Crippen LogP contribution in [-0.4, -0.2) is 53.2 Å². The van der Waals surface area contributed by atoms with E-state index in [-0.39, 0.29) is 18.4 Å². The summed E-state index contributed by atoms with van der Waals surface area (Å²) in [5.74, 6) is -2.06. The first-order valence-electron chi connectivity index (χ1n) is 10.9. The summed E-state index contributed by atoms with van der Waals surface area (Å²) >= 11 is 6.49. The van der Waals surface area contributed by atoms with Gasteiger partial charge in [0.25, 0.3) is 0 Å². The van der Waals surface area contributed by atoms with E-state index < -0.39 is 17.9 Å². The Hall–Kier alpha value is -2.06. The standard InChI is InChI=1S/C23H26ClF3N2O3/c1-22(32-21(31)23(25,26)27)7-4-10-29(22)14-16-6-5-15(13-19(16)24)17-11-18(12-17)20(30)28-8-2-3-9-28/h5-6,11,13,18H,2-4,7-10,12,14H2,1H3/t18-,22+/m0/s1. The number of ether oxygens (including phenoxy) is 1. The maximum atomic E-state index is 12.7. The summed E-state index contributed by atoms with van der Waals surface area (Å²) in [7, 11) is 0. The van der Waals surface area contributed by atoms with Gasteiger partial charge in [0.15, 0.2) is 5.72 Å². The average molecular weight is 471 g/mol. The van der Waals surface area contributed by atoms with Crippen LogP contribution >= 0.6 is 11.6 Å². The zero-order chi connectivity index (χ0) is 23.1. The number of likely N-dealkylation sites (tertiary alicyclic amines) is 2. The molecule has 0 radical (unpaired) electrons. The van der Waals surface area contributed by atoms with Crippen molar-refractivity contribution in [3.8, 4) is 0 Å². The maximum Gasteiger partial charge on any atom is 0.490 e. The van der Waals surface area contributed by atoms with Crippen LogP contribution in [0.25, 0.3) is 5.57 Å². The summed E-state index contributed by atoms with van der Waals surface area (Å²) < 4.78 is 42.8. The maximum absolute atomic E-state index is 12.7. The second kappa shape index (κ2) is 8.71. The van der Waals surface area contributed by atoms with Crippen molar-refractivity contribution >= 4 is 29.1 Å². The smallest absolute Gasteiger partial charge is 0.437 e. The van der Waals surface area contributed by atoms with Gasteiger partial charge >= 0.3 is 12.1 Å². The normalized spacial score (nSPS) is 26.1. The second-order valence-electron chi connectivity index (χ2n) is 8.93. The Bertz CT molecular complexity index is 943. The third kappa shape index (κ3) is 4.66. The molecule has 1 amide bonds. The Kier molecular flexibility index (Phi) is 6.29. The summed E-state index contributed by atoms with van der Waals surface area (Å²) in [6.45, 7) is 3.96. The highest BCUT2D eigenvalue weighted by molar-refractivity contribution is 6.31. The number of rotatable bonds is 5. The summed E-state index contributed by atoms with van der Waals surface area (Å²) in [6.07, 6.45) is 0.722. The number of esters is 1. The van der Waals surface area contributed by atoms with Crippen molar-refractivity contribution in [3.63, 3.8) is 0 Å². The highest BCUT2D eigenvalue weighted by Crippen LogP contribution is 2.39. The van der Waals surface area contributed by atoms with E-state index in [1.807, 2.05) is 29.2 Å². The molecule has 174 valence electrons. The largest absolute Gasteiger partial charge is 0.490 e. The topological polar surface area (TPSA) is 49.9 Å². The number of hydrogen-bond donors (Lipinski definition) is 0. The van der Waals surface area contributed by atoms with Crippen molar-refractivity contribution in [3.05, 3.63) is 40.4 Å². The van der Waals surface area contributed by atoms with Gasteiger partial charge in [0.05, 0.1) is 5.92 Å². The van der Waals surface area contributed by atoms with Crippen LogP contribution in [0.2, 0.25) is 5.02 Å². The Morgan fingerprint density at radius 3 is 2.50 bits per heavy atom. The third-order valence-corrected chi connectivity index (χ3v) is 7.00. The van der Waals surface area contributed by atoms with E-state index in [4.69, 9.17) is 16.3 Å². The van der Waals surface area contributed by atoms with Gasteiger partial charge in [0, 0.05) is 37.6 Å². The SMILES string of the molecule is C[C@@]1(OC(=O)C(F)(F)F)CCCN1Cc1ccc(C2=C[C@H](C(=O)N3CCCC3)C2)cc1Cl. The van der Waals surface area contributed by atoms with Crippen molar-refractivity contribution in [1.29, 1.82) is 0 Å². The van der Waals surface area contributed by atoms with Crippen LogP contribution in [0.3, 0.4) is 0 Å². The third-order valence-electron chi connectivity index (χ3n) is 6.64. The molecule has 0 saturated carbocycles. The fraction of sp³-hybridized carbons (Fsp3) is 0.565. The van der Waals surface area contributed by atoms with Gasteiger partial charge in [-0.05, 0) is 55.4 Å². The van der Waals surface area contributed by atoms with Crippen molar-refractivity contribution in [2.24, 2.45) is 5.92 Å². The molecule has 2 heterocycles. The van der Waals surface area contributed by atoms with Crippen molar-refractivity contribution in [2.75, 3.05) is 19.6 Å². The molecule has 1 aromatic rings. The minimum absolute atomic E-state index is 0.0739. The Morgan fingerprint density at radius 1 is 1.19 bits per heavy atom. The molecule has 32 heavy (non-hydrogen) atoms. The van der Waals surface area contributed by atoms with Gasteiger partial charge in [-0.25, -0.2) is 4.79 Å². The molecular formula is C23H26ClF3N2O3. The van der Waals surface area contributed by atoms with Gasteiger partial charge in [-0.1, -0.05) is 29.8 Å². The minimum atomic E-state index is -5.03. The lowest BCUT2D eigenvalue weighted by molar-refractivity contribution is -0.225. The molecule has 2 atom stereocenters. The van der Waals surface area contributed by atoms with E-state index in [0.29, 0.717) is 30.8 Å². The quantitative estimate of drug-likeness (QED) is 0.581. The van der Waals surface area contributed by atoms with Gasteiger partial charge < -0.3 is 9.64 Å². The Balaban J connectivity index is 1.41. The molecule has 1 aromatic carbocycles. The van der Waals surface area contributed by atoms with E-state index >= 15 is 0 Å². The first-order valence-corrected chi connectivity index (χ1v) is 11.3. The molecule has 0 bridgehead atoms. The Labute approximate surface area is 190 Å². The van der Waals surface area contributed by atoms with Crippen LogP contribution in [0.15, 0.2) is 24.3 Å². The molecule has 3 aliphatic rings. The van der Waals surface area contributed by atoms with Gasteiger partial charge in [-0.3, -0.25) is 9.69 Å². The number of hydrogen-bond acceptors (Lipinski definition) is 4. The summed E-state index contributed by atoms with van der Waals surface area (Å²) in [4.78, 5) is 27.5. The minimum Gasteiger partial charge on any atom is -0.437 e. The number of allylic oxidation sites excluding steroid dienone is 1. The number of carbonyl (C=O) groups excluding carboxylic acids is 2. The van der Waals surface area contributed by atoms with Gasteiger partial charge in [-0.15, -0.1) is 0 Å². The van der Waals surface area contributed by atoms with Crippen molar-refractivity contribution in [1.82, 2.24) is 9.80 Å². The summed E-state index contributed by atoms with van der Waals surface area (Å²) in [5, 5.41) is 0.495. The zero-order valence-electron chi connectivity index (χ0n) is 17.9. The molecule has 4 rings (SSSR count). The number of benzene rings is 1. The van der Waals surface area contributed by atoms with Gasteiger partial charge in [0.1, 0.15) is 0 Å². The first-order chi connectivity index (χ1) is 15.1. The molecule has 2 aliphatic heterocycles. The molecule has 0 unspecified atom stereocenters. The molecule has 2 fully saturated rings. The van der Waals surface area contributed by atoms with E-state index in [0.717, 1.165) is 42.6 Å². The summed E-state index contributed by atoms with van der Waals surface area (Å²) in [6, 6.07) is 5.59. The van der Waals surface area contributed by atoms with Gasteiger partial charge in [0.2, 0.25) is 5.91 Å². The fourth-order valence-electron chi connectivity index (χ4n) is 4.68. The van der Waals surface area contributed by atoms with Gasteiger partial charge in [-0.2, -0.15) is 13.2 Å². The average Bonchev–Trinajstić information content (AvgIpc) is 3.32. The van der Waals surface area contributed by atoms with Crippen LogP contribution < -0.4 is 0 Å². The molecule has 2 saturated heterocycles. The number of carbonyl (C=O) groups is 2. The van der Waals surface area contributed by atoms with E-state index in [2.05, 4.69) is 0 Å². The summed E-state index contributed by atoms with van der Waals surface area (Å²) in [5.41, 5.74) is 1.43. The van der Waals surface area contributed by atoms with Crippen LogP contribution in [0.5, 0.6) is 0 Å². The molecule has 0 spiro atoms. The molecule has 0 N–H and O–H groups in total. The lowest BCUT2D eigenvalue weighted by atomic mass is 9.81. The van der Waals surface area contributed by atoms with Crippen LogP contribution in [0.1, 0.15) is 50.2 Å². The molecule has 9 heteroatoms. The van der Waals surface area contributed by atoms with E-state index in [9.17, 15) is 22.8 Å². The number of alkyl halides is 3. The predicted octanol–water partition coefficient (Wildman–Crippen LogP) is 4.78. The zero-order valence-corrected chi connectivity index (χ0v) is 18.6. The monoisotopic (exact) mass is 470 g/mol. The highest BCUT2D eigenvalue weighted by Gasteiger charge is 2.48. The van der Waals surface area contributed by atoms with Crippen LogP contribution in [0, 0.1) is 5.92 Å². The Morgan fingerprint density at radius 2 is 1.88 bits per heavy atom. The van der Waals surface area contributed by atoms with E-state index in [1.54, 1.807) is 4.90 Å². The predicted molar refractivity (Wildman–Crippen MR) is 114 cm³/mol. The lowest BCUT2D eigenvalue weighted by Gasteiger charge is -2.35. The first kappa shape index (κ1) is 23.1. The van der Waals surface area contributed by atoms with Crippen molar-refractivity contribution in [2.45, 2.75) is 57.5 Å². The van der Waals surface area contributed by atoms with Crippen LogP contribution in [0.4, 0.5) is 13.2 Å². The van der Waals surface area contributed by atoms with Crippen molar-refractivity contribution < 1.29 is 27.5 Å². The number of halogens is 4. The highest BCUT2D eigenvalue weighted by atomic mass is 35.5. The van der Waals surface area contributed by atoms with Crippen LogP contribution in [-0.2, 0) is 20.9 Å². The van der Waals surface area contributed by atoms with E-state index in [1.165, 1.54) is 6.92 Å². The molecule has 1 aliphatic carbocycles. The molecule has 0 aromatic heterocycles.